The Bertz CT molecular complexity index is 81.0. The van der Waals surface area contributed by atoms with Gasteiger partial charge in [-0.15, -0.1) is 0 Å². The summed E-state index contributed by atoms with van der Waals surface area (Å²) < 4.78 is 5.35. The molecule has 1 aliphatic heterocycles. The molecule has 1 rings (SSSR count). The summed E-state index contributed by atoms with van der Waals surface area (Å²) in [6.45, 7) is 3.32. The van der Waals surface area contributed by atoms with E-state index in [-0.39, 0.29) is 6.61 Å². The number of rotatable bonds is 2. The fraction of sp³-hybridized carbons (Fsp3) is 1.00. The van der Waals surface area contributed by atoms with Crippen molar-refractivity contribution in [3.8, 4) is 0 Å². The minimum Gasteiger partial charge on any atom is -0.396 e. The molecule has 0 aromatic heterocycles. The normalized spacial score (nSPS) is 35.3. The molecule has 0 radical (unpaired) electrons. The Hall–Kier alpha value is -0.0800. The summed E-state index contributed by atoms with van der Waals surface area (Å²) >= 11 is 0. The van der Waals surface area contributed by atoms with Gasteiger partial charge in [0.15, 0.2) is 0 Å². The zero-order valence-electron chi connectivity index (χ0n) is 5.84. The van der Waals surface area contributed by atoms with Gasteiger partial charge in [0.25, 0.3) is 0 Å². The predicted molar refractivity (Wildman–Crippen MR) is 35.2 cm³/mol. The second-order valence-corrected chi connectivity index (χ2v) is 2.81. The molecular formula is C7H14O2. The fourth-order valence-corrected chi connectivity index (χ4v) is 1.23. The lowest BCUT2D eigenvalue weighted by molar-refractivity contribution is 0.0844. The Labute approximate surface area is 55.8 Å². The van der Waals surface area contributed by atoms with E-state index < -0.39 is 0 Å². The summed E-state index contributed by atoms with van der Waals surface area (Å²) in [6, 6.07) is 0. The van der Waals surface area contributed by atoms with Gasteiger partial charge in [-0.05, 0) is 18.8 Å². The zero-order valence-corrected chi connectivity index (χ0v) is 5.84. The van der Waals surface area contributed by atoms with Gasteiger partial charge in [-0.2, -0.15) is 0 Å². The van der Waals surface area contributed by atoms with Crippen LogP contribution in [0.2, 0.25) is 0 Å². The average molecular weight is 130 g/mol. The van der Waals surface area contributed by atoms with Crippen molar-refractivity contribution in [3.63, 3.8) is 0 Å². The Balaban J connectivity index is 2.14. The monoisotopic (exact) mass is 130 g/mol. The Morgan fingerprint density at radius 3 is 2.89 bits per heavy atom. The van der Waals surface area contributed by atoms with Gasteiger partial charge in [0.1, 0.15) is 0 Å². The lowest BCUT2D eigenvalue weighted by Gasteiger charge is -2.04. The van der Waals surface area contributed by atoms with Gasteiger partial charge in [-0.1, -0.05) is 6.92 Å². The molecule has 2 unspecified atom stereocenters. The van der Waals surface area contributed by atoms with E-state index in [1.165, 1.54) is 0 Å². The van der Waals surface area contributed by atoms with Crippen LogP contribution in [0.25, 0.3) is 0 Å². The third-order valence-electron chi connectivity index (χ3n) is 1.73. The van der Waals surface area contributed by atoms with E-state index >= 15 is 0 Å². The lowest BCUT2D eigenvalue weighted by atomic mass is 10.1. The van der Waals surface area contributed by atoms with Gasteiger partial charge < -0.3 is 9.84 Å². The topological polar surface area (TPSA) is 29.5 Å². The third kappa shape index (κ3) is 1.95. The molecule has 2 nitrogen and oxygen atoms in total. The molecule has 9 heavy (non-hydrogen) atoms. The van der Waals surface area contributed by atoms with Crippen LogP contribution in [-0.2, 0) is 4.74 Å². The Kier molecular flexibility index (Phi) is 2.49. The first-order chi connectivity index (χ1) is 4.33. The van der Waals surface area contributed by atoms with Crippen molar-refractivity contribution < 1.29 is 9.84 Å². The van der Waals surface area contributed by atoms with E-state index in [4.69, 9.17) is 9.84 Å². The molecular weight excluding hydrogens is 116 g/mol. The van der Waals surface area contributed by atoms with Crippen molar-refractivity contribution in [2.24, 2.45) is 5.92 Å². The van der Waals surface area contributed by atoms with Crippen LogP contribution in [0.15, 0.2) is 0 Å². The second-order valence-electron chi connectivity index (χ2n) is 2.81. The summed E-state index contributed by atoms with van der Waals surface area (Å²) in [7, 11) is 0. The van der Waals surface area contributed by atoms with Gasteiger partial charge in [0.05, 0.1) is 6.10 Å². The number of aliphatic hydroxyl groups is 1. The molecule has 1 saturated heterocycles. The maximum Gasteiger partial charge on any atom is 0.0600 e. The number of hydrogen-bond donors (Lipinski definition) is 1. The maximum absolute atomic E-state index is 8.53. The van der Waals surface area contributed by atoms with E-state index in [2.05, 4.69) is 6.92 Å². The molecule has 0 aromatic rings. The van der Waals surface area contributed by atoms with Gasteiger partial charge in [0.2, 0.25) is 0 Å². The SMILES string of the molecule is CC1COC(CCO)C1. The molecule has 2 atom stereocenters. The van der Waals surface area contributed by atoms with Crippen molar-refractivity contribution in [3.05, 3.63) is 0 Å². The van der Waals surface area contributed by atoms with E-state index in [1.807, 2.05) is 0 Å². The highest BCUT2D eigenvalue weighted by atomic mass is 16.5. The molecule has 1 aliphatic rings. The number of hydrogen-bond acceptors (Lipinski definition) is 2. The first-order valence-corrected chi connectivity index (χ1v) is 3.55. The van der Waals surface area contributed by atoms with Crippen molar-refractivity contribution in [1.29, 1.82) is 0 Å². The van der Waals surface area contributed by atoms with E-state index in [0.717, 1.165) is 19.4 Å². The lowest BCUT2D eigenvalue weighted by Crippen LogP contribution is -2.06. The largest absolute Gasteiger partial charge is 0.396 e. The van der Waals surface area contributed by atoms with Gasteiger partial charge in [-0.3, -0.25) is 0 Å². The van der Waals surface area contributed by atoms with Gasteiger partial charge in [-0.25, -0.2) is 0 Å². The second kappa shape index (κ2) is 3.18. The van der Waals surface area contributed by atoms with E-state index in [0.29, 0.717) is 12.0 Å². The highest BCUT2D eigenvalue weighted by molar-refractivity contribution is 4.69. The quantitative estimate of drug-likeness (QED) is 0.599. The highest BCUT2D eigenvalue weighted by Gasteiger charge is 2.20. The molecule has 54 valence electrons. The minimum absolute atomic E-state index is 0.261. The van der Waals surface area contributed by atoms with Crippen LogP contribution in [-0.4, -0.2) is 24.4 Å². The van der Waals surface area contributed by atoms with Crippen molar-refractivity contribution in [2.75, 3.05) is 13.2 Å². The minimum atomic E-state index is 0.261. The predicted octanol–water partition coefficient (Wildman–Crippen LogP) is 0.794. The van der Waals surface area contributed by atoms with Crippen LogP contribution >= 0.6 is 0 Å². The fourth-order valence-electron chi connectivity index (χ4n) is 1.23. The molecule has 0 spiro atoms. The smallest absolute Gasteiger partial charge is 0.0600 e. The van der Waals surface area contributed by atoms with Crippen LogP contribution in [0, 0.1) is 5.92 Å². The molecule has 0 saturated carbocycles. The summed E-state index contributed by atoms with van der Waals surface area (Å²) in [6.07, 6.45) is 2.27. The van der Waals surface area contributed by atoms with Crippen molar-refractivity contribution in [2.45, 2.75) is 25.9 Å². The van der Waals surface area contributed by atoms with Crippen LogP contribution in [0.5, 0.6) is 0 Å². The summed E-state index contributed by atoms with van der Waals surface area (Å²) in [5.74, 6) is 0.696. The van der Waals surface area contributed by atoms with Crippen molar-refractivity contribution in [1.82, 2.24) is 0 Å². The molecule has 2 heteroatoms. The van der Waals surface area contributed by atoms with E-state index in [1.54, 1.807) is 0 Å². The summed E-state index contributed by atoms with van der Waals surface area (Å²) in [5.41, 5.74) is 0. The molecule has 0 amide bonds. The van der Waals surface area contributed by atoms with Crippen LogP contribution in [0.4, 0.5) is 0 Å². The Morgan fingerprint density at radius 1 is 1.67 bits per heavy atom. The maximum atomic E-state index is 8.53. The van der Waals surface area contributed by atoms with Gasteiger partial charge >= 0.3 is 0 Å². The van der Waals surface area contributed by atoms with Crippen LogP contribution in [0.3, 0.4) is 0 Å². The molecule has 0 aliphatic carbocycles. The number of ether oxygens (including phenoxy) is 1. The van der Waals surface area contributed by atoms with Crippen LogP contribution in [0.1, 0.15) is 19.8 Å². The number of aliphatic hydroxyl groups excluding tert-OH is 1. The van der Waals surface area contributed by atoms with Gasteiger partial charge in [0, 0.05) is 13.2 Å². The molecule has 1 N–H and O–H groups in total. The molecule has 1 heterocycles. The van der Waals surface area contributed by atoms with Crippen LogP contribution < -0.4 is 0 Å². The highest BCUT2D eigenvalue weighted by Crippen LogP contribution is 2.20. The standard InChI is InChI=1S/C7H14O2/c1-6-4-7(2-3-8)9-5-6/h6-8H,2-5H2,1H3. The van der Waals surface area contributed by atoms with Crippen molar-refractivity contribution >= 4 is 0 Å². The molecule has 0 aromatic carbocycles. The first-order valence-electron chi connectivity index (χ1n) is 3.55. The summed E-state index contributed by atoms with van der Waals surface area (Å²) in [4.78, 5) is 0. The zero-order chi connectivity index (χ0) is 6.69. The summed E-state index contributed by atoms with van der Waals surface area (Å²) in [5, 5.41) is 8.53. The molecule has 0 bridgehead atoms. The first kappa shape index (κ1) is 7.03. The Morgan fingerprint density at radius 2 is 2.44 bits per heavy atom. The third-order valence-corrected chi connectivity index (χ3v) is 1.73. The molecule has 1 fully saturated rings. The average Bonchev–Trinajstić information content (AvgIpc) is 2.17. The van der Waals surface area contributed by atoms with E-state index in [9.17, 15) is 0 Å².